The van der Waals surface area contributed by atoms with E-state index in [9.17, 15) is 0 Å². The van der Waals surface area contributed by atoms with Crippen molar-refractivity contribution >= 4 is 0 Å². The predicted molar refractivity (Wildman–Crippen MR) is 28.9 cm³/mol. The fourth-order valence-electron chi connectivity index (χ4n) is 0. The van der Waals surface area contributed by atoms with Crippen LogP contribution in [-0.2, 0) is 0 Å². The lowest BCUT2D eigenvalue weighted by Gasteiger charge is -1.38. The Morgan fingerprint density at radius 1 is 1.50 bits per heavy atom. The van der Waals surface area contributed by atoms with Crippen molar-refractivity contribution in [1.82, 2.24) is 0 Å². The second kappa shape index (κ2) is 42.7. The first-order valence-electron chi connectivity index (χ1n) is 1.32. The fourth-order valence-corrected chi connectivity index (χ4v) is 0. The summed E-state index contributed by atoms with van der Waals surface area (Å²) in [5.41, 5.74) is 0. The van der Waals surface area contributed by atoms with Crippen LogP contribution in [0.2, 0.25) is 0 Å². The first kappa shape index (κ1) is 8.85. The zero-order chi connectivity index (χ0) is 5.41. The van der Waals surface area contributed by atoms with Crippen LogP contribution in [0.15, 0.2) is 12.7 Å². The molecule has 0 bridgehead atoms. The van der Waals surface area contributed by atoms with Crippen LogP contribution in [0.3, 0.4) is 0 Å². The first-order chi connectivity index (χ1) is 2.91. The Bertz CT molecular complexity index is 69.8. The van der Waals surface area contributed by atoms with Gasteiger partial charge in [0, 0.05) is 0 Å². The molecule has 0 aromatic heterocycles. The molecule has 0 heterocycles. The van der Waals surface area contributed by atoms with Crippen molar-refractivity contribution in [2.75, 3.05) is 0 Å². The van der Waals surface area contributed by atoms with Crippen LogP contribution in [0.4, 0.5) is 0 Å². The summed E-state index contributed by atoms with van der Waals surface area (Å²) in [7, 11) is 0. The minimum Gasteiger partial charge on any atom is -0.124 e. The Balaban J connectivity index is 0. The molecule has 0 saturated heterocycles. The van der Waals surface area contributed by atoms with Crippen molar-refractivity contribution in [3.63, 3.8) is 0 Å². The van der Waals surface area contributed by atoms with E-state index in [1.165, 1.54) is 6.08 Å². The van der Waals surface area contributed by atoms with Crippen LogP contribution in [0.25, 0.3) is 0 Å². The zero-order valence-corrected chi connectivity index (χ0v) is 3.52. The standard InChI is InChI=1S/C4H4.C2H2/c1-3-4-2;1-2/h1,4H,2H2;1-2H. The van der Waals surface area contributed by atoms with Crippen LogP contribution in [0, 0.1) is 25.2 Å². The maximum absolute atomic E-state index is 4.66. The topological polar surface area (TPSA) is 0 Å². The quantitative estimate of drug-likeness (QED) is 0.380. The maximum Gasteiger partial charge on any atom is -0.0194 e. The molecule has 0 unspecified atom stereocenters. The molecule has 6 heavy (non-hydrogen) atoms. The molecule has 0 N–H and O–H groups in total. The fraction of sp³-hybridized carbons (Fsp3) is 0. The monoisotopic (exact) mass is 78.0 g/mol. The van der Waals surface area contributed by atoms with Gasteiger partial charge in [-0.15, -0.1) is 19.3 Å². The Hall–Kier alpha value is -1.14. The molecule has 0 aliphatic heterocycles. The Labute approximate surface area is 38.9 Å². The van der Waals surface area contributed by atoms with E-state index in [1.807, 2.05) is 0 Å². The molecule has 0 radical (unpaired) electrons. The maximum atomic E-state index is 4.66. The van der Waals surface area contributed by atoms with Gasteiger partial charge in [0.15, 0.2) is 0 Å². The molecule has 0 heteroatoms. The second-order valence-electron chi connectivity index (χ2n) is 0.371. The van der Waals surface area contributed by atoms with Crippen LogP contribution >= 0.6 is 0 Å². The molecule has 0 nitrogen and oxygen atoms in total. The van der Waals surface area contributed by atoms with E-state index in [2.05, 4.69) is 31.8 Å². The summed E-state index contributed by atoms with van der Waals surface area (Å²) in [4.78, 5) is 0. The first-order valence-corrected chi connectivity index (χ1v) is 1.32. The smallest absolute Gasteiger partial charge is 0.0194 e. The third-order valence-electron chi connectivity index (χ3n) is 0.118. The van der Waals surface area contributed by atoms with Gasteiger partial charge in [-0.05, 0) is 6.08 Å². The summed E-state index contributed by atoms with van der Waals surface area (Å²) in [6.45, 7) is 3.24. The number of hydrogen-bond donors (Lipinski definition) is 0. The lowest BCUT2D eigenvalue weighted by atomic mass is 10.7. The van der Waals surface area contributed by atoms with E-state index in [0.29, 0.717) is 0 Å². The summed E-state index contributed by atoms with van der Waals surface area (Å²) < 4.78 is 0. The normalized spacial score (nSPS) is 2.83. The van der Waals surface area contributed by atoms with E-state index >= 15 is 0 Å². The highest BCUT2D eigenvalue weighted by atomic mass is 13.3. The molecule has 0 atom stereocenters. The van der Waals surface area contributed by atoms with Crippen LogP contribution in [0.5, 0.6) is 0 Å². The number of terminal acetylenes is 2. The van der Waals surface area contributed by atoms with Gasteiger partial charge in [-0.2, -0.15) is 0 Å². The summed E-state index contributed by atoms with van der Waals surface area (Å²) in [5, 5.41) is 0. The lowest BCUT2D eigenvalue weighted by molar-refractivity contribution is 2.34. The highest BCUT2D eigenvalue weighted by Crippen LogP contribution is 1.41. The number of rotatable bonds is 0. The Morgan fingerprint density at radius 3 is 1.67 bits per heavy atom. The van der Waals surface area contributed by atoms with E-state index < -0.39 is 0 Å². The van der Waals surface area contributed by atoms with Crippen molar-refractivity contribution < 1.29 is 0 Å². The molecule has 30 valence electrons. The molecule has 0 fully saturated rings. The lowest BCUT2D eigenvalue weighted by Crippen LogP contribution is -1.24. The second-order valence-corrected chi connectivity index (χ2v) is 0.371. The molecule has 0 amide bonds. The Morgan fingerprint density at radius 2 is 1.67 bits per heavy atom. The summed E-state index contributed by atoms with van der Waals surface area (Å²) in [5.74, 6) is 2.19. The average molecular weight is 78.1 g/mol. The summed E-state index contributed by atoms with van der Waals surface area (Å²) >= 11 is 0. The van der Waals surface area contributed by atoms with E-state index in [1.54, 1.807) is 0 Å². The molecule has 0 rings (SSSR count). The van der Waals surface area contributed by atoms with Crippen molar-refractivity contribution in [2.45, 2.75) is 0 Å². The highest BCUT2D eigenvalue weighted by molar-refractivity contribution is 5.03. The SMILES string of the molecule is C#C.C#CC=C. The van der Waals surface area contributed by atoms with Gasteiger partial charge in [0.05, 0.1) is 0 Å². The van der Waals surface area contributed by atoms with Gasteiger partial charge in [0.25, 0.3) is 0 Å². The molecular weight excluding hydrogens is 72.1 g/mol. The molecule has 0 aliphatic carbocycles. The number of hydrogen-bond acceptors (Lipinski definition) is 0. The summed E-state index contributed by atoms with van der Waals surface area (Å²) in [6.07, 6.45) is 14.1. The third-order valence-corrected chi connectivity index (χ3v) is 0.118. The molecular formula is C6H6. The minimum absolute atomic E-state index is 1.40. The predicted octanol–water partition coefficient (Wildman–Crippen LogP) is 1.05. The van der Waals surface area contributed by atoms with Crippen molar-refractivity contribution in [3.05, 3.63) is 12.7 Å². The molecule has 0 aromatic rings. The number of allylic oxidation sites excluding steroid dienone is 1. The minimum atomic E-state index is 1.40. The van der Waals surface area contributed by atoms with Gasteiger partial charge in [-0.1, -0.05) is 12.5 Å². The largest absolute Gasteiger partial charge is 0.124 e. The zero-order valence-electron chi connectivity index (χ0n) is 3.52. The van der Waals surface area contributed by atoms with Gasteiger partial charge >= 0.3 is 0 Å². The van der Waals surface area contributed by atoms with Gasteiger partial charge < -0.3 is 0 Å². The summed E-state index contributed by atoms with van der Waals surface area (Å²) in [6, 6.07) is 0. The average Bonchev–Trinajstić information content (AvgIpc) is 1.72. The third kappa shape index (κ3) is 505. The van der Waals surface area contributed by atoms with Gasteiger partial charge in [0.1, 0.15) is 0 Å². The Kier molecular flexibility index (Phi) is 63.0. The van der Waals surface area contributed by atoms with Crippen molar-refractivity contribution in [2.24, 2.45) is 0 Å². The highest BCUT2D eigenvalue weighted by Gasteiger charge is 1.26. The van der Waals surface area contributed by atoms with Crippen molar-refractivity contribution in [3.8, 4) is 25.2 Å². The van der Waals surface area contributed by atoms with Crippen LogP contribution in [0.1, 0.15) is 0 Å². The van der Waals surface area contributed by atoms with Crippen LogP contribution < -0.4 is 0 Å². The van der Waals surface area contributed by atoms with E-state index in [0.717, 1.165) is 0 Å². The van der Waals surface area contributed by atoms with E-state index in [4.69, 9.17) is 0 Å². The van der Waals surface area contributed by atoms with Crippen molar-refractivity contribution in [1.29, 1.82) is 0 Å². The van der Waals surface area contributed by atoms with E-state index in [-0.39, 0.29) is 0 Å². The molecule has 0 spiro atoms. The van der Waals surface area contributed by atoms with Gasteiger partial charge in [0.2, 0.25) is 0 Å². The molecule has 0 aromatic carbocycles. The van der Waals surface area contributed by atoms with Crippen LogP contribution in [-0.4, -0.2) is 0 Å². The van der Waals surface area contributed by atoms with Gasteiger partial charge in [-0.25, -0.2) is 0 Å². The molecule has 0 saturated carbocycles. The molecule has 0 aliphatic rings. The van der Waals surface area contributed by atoms with Gasteiger partial charge in [-0.3, -0.25) is 0 Å².